The number of rotatable bonds is 6. The van der Waals surface area contributed by atoms with Gasteiger partial charge in [-0.25, -0.2) is 8.42 Å². The highest BCUT2D eigenvalue weighted by Crippen LogP contribution is 2.28. The molecule has 0 spiro atoms. The van der Waals surface area contributed by atoms with Gasteiger partial charge in [0.15, 0.2) is 0 Å². The molecule has 2 heterocycles. The molecule has 0 aliphatic carbocycles. The van der Waals surface area contributed by atoms with Crippen LogP contribution in [0.25, 0.3) is 0 Å². The van der Waals surface area contributed by atoms with Crippen molar-refractivity contribution in [2.24, 2.45) is 0 Å². The highest BCUT2D eigenvalue weighted by molar-refractivity contribution is 7.89. The van der Waals surface area contributed by atoms with Crippen LogP contribution in [0.2, 0.25) is 5.02 Å². The maximum Gasteiger partial charge on any atom is 0.251 e. The van der Waals surface area contributed by atoms with Gasteiger partial charge < -0.3 is 10.2 Å². The topological polar surface area (TPSA) is 70.9 Å². The average Bonchev–Trinajstić information content (AvgIpc) is 3.29. The Labute approximate surface area is 154 Å². The van der Waals surface area contributed by atoms with Crippen molar-refractivity contribution in [3.05, 3.63) is 28.8 Å². The van der Waals surface area contributed by atoms with Crippen molar-refractivity contribution in [3.8, 4) is 0 Å². The lowest BCUT2D eigenvalue weighted by atomic mass is 10.2. The highest BCUT2D eigenvalue weighted by atomic mass is 35.5. The smallest absolute Gasteiger partial charge is 0.251 e. The summed E-state index contributed by atoms with van der Waals surface area (Å²) in [5.41, 5.74) is 0.332. The molecular weight excluding hydrogens is 362 g/mol. The van der Waals surface area contributed by atoms with E-state index < -0.39 is 10.0 Å². The summed E-state index contributed by atoms with van der Waals surface area (Å²) < 4.78 is 26.9. The molecule has 1 amide bonds. The summed E-state index contributed by atoms with van der Waals surface area (Å²) in [5, 5.41) is 3.04. The van der Waals surface area contributed by atoms with E-state index in [0.29, 0.717) is 25.2 Å². The molecule has 0 bridgehead atoms. The Morgan fingerprint density at radius 2 is 1.84 bits per heavy atom. The van der Waals surface area contributed by atoms with Crippen LogP contribution in [0.5, 0.6) is 0 Å². The second kappa shape index (κ2) is 8.03. The monoisotopic (exact) mass is 386 g/mol. The Bertz CT molecular complexity index is 727. The first kappa shape index (κ1) is 18.6. The number of quaternary nitrogens is 1. The fourth-order valence-corrected chi connectivity index (χ4v) is 5.51. The highest BCUT2D eigenvalue weighted by Gasteiger charge is 2.29. The first-order chi connectivity index (χ1) is 12.0. The van der Waals surface area contributed by atoms with Crippen molar-refractivity contribution < 1.29 is 18.1 Å². The largest absolute Gasteiger partial charge is 0.346 e. The van der Waals surface area contributed by atoms with Gasteiger partial charge in [-0.2, -0.15) is 4.31 Å². The Morgan fingerprint density at radius 1 is 1.16 bits per heavy atom. The number of halogens is 1. The molecule has 2 aliphatic heterocycles. The minimum atomic E-state index is -3.64. The van der Waals surface area contributed by atoms with Gasteiger partial charge in [0.25, 0.3) is 5.91 Å². The van der Waals surface area contributed by atoms with Gasteiger partial charge in [-0.3, -0.25) is 4.79 Å². The predicted molar refractivity (Wildman–Crippen MR) is 96.6 cm³/mol. The van der Waals surface area contributed by atoms with E-state index in [9.17, 15) is 13.2 Å². The van der Waals surface area contributed by atoms with Crippen molar-refractivity contribution >= 4 is 27.5 Å². The average molecular weight is 387 g/mol. The fraction of sp³-hybridized carbons (Fsp3) is 0.588. The van der Waals surface area contributed by atoms with Gasteiger partial charge in [-0.1, -0.05) is 11.6 Å². The number of benzene rings is 1. The van der Waals surface area contributed by atoms with E-state index in [1.165, 1.54) is 34.2 Å². The zero-order chi connectivity index (χ0) is 17.9. The van der Waals surface area contributed by atoms with Crippen LogP contribution in [-0.2, 0) is 10.0 Å². The molecular formula is C17H25ClN3O3S+. The van der Waals surface area contributed by atoms with E-state index in [0.717, 1.165) is 32.5 Å². The number of carbonyl (C=O) groups excluding carboxylic acids is 1. The minimum absolute atomic E-state index is 0.0221. The molecule has 8 heteroatoms. The Kier molecular flexibility index (Phi) is 5.99. The normalized spacial score (nSPS) is 19.4. The molecule has 0 radical (unpaired) electrons. The van der Waals surface area contributed by atoms with Gasteiger partial charge in [0.1, 0.15) is 4.90 Å². The zero-order valence-electron chi connectivity index (χ0n) is 14.3. The molecule has 0 saturated carbocycles. The second-order valence-corrected chi connectivity index (χ2v) is 9.03. The minimum Gasteiger partial charge on any atom is -0.346 e. The summed E-state index contributed by atoms with van der Waals surface area (Å²) in [6.45, 7) is 4.83. The SMILES string of the molecule is O=C(NCC[NH+]1CCCC1)c1ccc(Cl)c(S(=O)(=O)N2CCCC2)c1. The van der Waals surface area contributed by atoms with Crippen molar-refractivity contribution in [2.75, 3.05) is 39.3 Å². The summed E-state index contributed by atoms with van der Waals surface area (Å²) >= 11 is 6.11. The van der Waals surface area contributed by atoms with Crippen LogP contribution in [0.3, 0.4) is 0 Å². The number of nitrogens with one attached hydrogen (secondary N) is 2. The van der Waals surface area contributed by atoms with E-state index in [4.69, 9.17) is 11.6 Å². The molecule has 6 nitrogen and oxygen atoms in total. The molecule has 2 fully saturated rings. The quantitative estimate of drug-likeness (QED) is 0.749. The van der Waals surface area contributed by atoms with Gasteiger partial charge in [-0.05, 0) is 31.0 Å². The maximum absolute atomic E-state index is 12.7. The molecule has 0 unspecified atom stereocenters. The van der Waals surface area contributed by atoms with E-state index >= 15 is 0 Å². The third kappa shape index (κ3) is 4.34. The number of amides is 1. The van der Waals surface area contributed by atoms with Gasteiger partial charge in [0.05, 0.1) is 31.2 Å². The lowest BCUT2D eigenvalue weighted by Gasteiger charge is -2.17. The van der Waals surface area contributed by atoms with Crippen LogP contribution in [0.15, 0.2) is 23.1 Å². The molecule has 0 aromatic heterocycles. The third-order valence-electron chi connectivity index (χ3n) is 4.95. The van der Waals surface area contributed by atoms with Crippen LogP contribution in [0.1, 0.15) is 36.0 Å². The van der Waals surface area contributed by atoms with E-state index in [1.807, 2.05) is 0 Å². The summed E-state index contributed by atoms with van der Waals surface area (Å²) in [6, 6.07) is 4.46. The first-order valence-corrected chi connectivity index (χ1v) is 10.7. The molecule has 2 saturated heterocycles. The molecule has 2 aliphatic rings. The van der Waals surface area contributed by atoms with E-state index in [1.54, 1.807) is 6.07 Å². The second-order valence-electron chi connectivity index (χ2n) is 6.72. The first-order valence-electron chi connectivity index (χ1n) is 8.90. The Balaban J connectivity index is 1.68. The predicted octanol–water partition coefficient (Wildman–Crippen LogP) is 0.533. The summed E-state index contributed by atoms with van der Waals surface area (Å²) in [4.78, 5) is 13.9. The summed E-state index contributed by atoms with van der Waals surface area (Å²) in [5.74, 6) is -0.256. The van der Waals surface area contributed by atoms with Crippen LogP contribution in [0, 0.1) is 0 Å². The molecule has 1 aromatic rings. The number of sulfonamides is 1. The molecule has 25 heavy (non-hydrogen) atoms. The number of likely N-dealkylation sites (tertiary alicyclic amines) is 1. The number of hydrogen-bond acceptors (Lipinski definition) is 3. The summed E-state index contributed by atoms with van der Waals surface area (Å²) in [6.07, 6.45) is 4.21. The van der Waals surface area contributed by atoms with Crippen molar-refractivity contribution in [1.82, 2.24) is 9.62 Å². The van der Waals surface area contributed by atoms with Crippen LogP contribution >= 0.6 is 11.6 Å². The van der Waals surface area contributed by atoms with Crippen LogP contribution in [-0.4, -0.2) is 57.9 Å². The maximum atomic E-state index is 12.7. The van der Waals surface area contributed by atoms with Crippen LogP contribution < -0.4 is 10.2 Å². The van der Waals surface area contributed by atoms with Gasteiger partial charge in [0, 0.05) is 31.5 Å². The molecule has 0 atom stereocenters. The standard InChI is InChI=1S/C17H24ClN3O3S/c18-15-6-5-14(17(22)19-7-12-20-8-1-2-9-20)13-16(15)25(23,24)21-10-3-4-11-21/h5-6,13H,1-4,7-12H2,(H,19,22)/p+1. The molecule has 1 aromatic carbocycles. The fourth-order valence-electron chi connectivity index (χ4n) is 3.49. The summed E-state index contributed by atoms with van der Waals surface area (Å²) in [7, 11) is -3.64. The number of nitrogens with zero attached hydrogens (tertiary/aromatic N) is 1. The molecule has 3 rings (SSSR count). The number of hydrogen-bond donors (Lipinski definition) is 2. The number of carbonyl (C=O) groups is 1. The van der Waals surface area contributed by atoms with Gasteiger partial charge in [0.2, 0.25) is 10.0 Å². The van der Waals surface area contributed by atoms with Crippen LogP contribution in [0.4, 0.5) is 0 Å². The third-order valence-corrected chi connectivity index (χ3v) is 7.33. The van der Waals surface area contributed by atoms with Crippen molar-refractivity contribution in [3.63, 3.8) is 0 Å². The molecule has 138 valence electrons. The van der Waals surface area contributed by atoms with Crippen molar-refractivity contribution in [1.29, 1.82) is 0 Å². The van der Waals surface area contributed by atoms with E-state index in [-0.39, 0.29) is 15.8 Å². The zero-order valence-corrected chi connectivity index (χ0v) is 15.8. The lowest BCUT2D eigenvalue weighted by Crippen LogP contribution is -3.10. The Morgan fingerprint density at radius 3 is 2.52 bits per heavy atom. The Hall–Kier alpha value is -1.15. The lowest BCUT2D eigenvalue weighted by molar-refractivity contribution is -0.886. The van der Waals surface area contributed by atoms with Crippen molar-refractivity contribution in [2.45, 2.75) is 30.6 Å². The molecule has 2 N–H and O–H groups in total. The van der Waals surface area contributed by atoms with Gasteiger partial charge in [-0.15, -0.1) is 0 Å². The van der Waals surface area contributed by atoms with E-state index in [2.05, 4.69) is 5.32 Å². The van der Waals surface area contributed by atoms with Gasteiger partial charge >= 0.3 is 0 Å².